The van der Waals surface area contributed by atoms with Crippen LogP contribution in [0.2, 0.25) is 0 Å². The van der Waals surface area contributed by atoms with E-state index in [0.717, 1.165) is 17.2 Å². The van der Waals surface area contributed by atoms with Gasteiger partial charge in [0, 0.05) is 5.69 Å². The van der Waals surface area contributed by atoms with Crippen LogP contribution < -0.4 is 15.2 Å². The van der Waals surface area contributed by atoms with Gasteiger partial charge in [-0.05, 0) is 24.3 Å². The Hall–Kier alpha value is -2.16. The molecule has 0 saturated heterocycles. The minimum Gasteiger partial charge on any atom is -0.486 e. The van der Waals surface area contributed by atoms with E-state index in [0.29, 0.717) is 13.2 Å². The smallest absolute Gasteiger partial charge is 0.161 e. The van der Waals surface area contributed by atoms with Gasteiger partial charge in [0.2, 0.25) is 0 Å². The van der Waals surface area contributed by atoms with Crippen LogP contribution in [0.15, 0.2) is 54.6 Å². The lowest BCUT2D eigenvalue weighted by Gasteiger charge is -2.17. The molecule has 3 nitrogen and oxygen atoms in total. The van der Waals surface area contributed by atoms with Crippen molar-refractivity contribution in [3.63, 3.8) is 0 Å². The standard InChI is InChI=1S/C8H8O2.C6H7N/c1-2-4-8-7(3-1)9-5-6-10-8;7-6-4-2-1-3-5-6/h1-4H,5-6H2;1-5H,7H2. The lowest BCUT2D eigenvalue weighted by Crippen LogP contribution is -2.14. The number of hydrogen-bond acceptors (Lipinski definition) is 3. The van der Waals surface area contributed by atoms with E-state index in [1.54, 1.807) is 0 Å². The van der Waals surface area contributed by atoms with Crippen LogP contribution in [-0.4, -0.2) is 13.2 Å². The molecule has 0 radical (unpaired) electrons. The minimum absolute atomic E-state index is 0.664. The SMILES string of the molecule is Nc1ccccc1.c1ccc2c(c1)OCCO2. The van der Waals surface area contributed by atoms with Crippen LogP contribution in [0.4, 0.5) is 5.69 Å². The van der Waals surface area contributed by atoms with Crippen molar-refractivity contribution in [3.8, 4) is 11.5 Å². The Labute approximate surface area is 101 Å². The summed E-state index contributed by atoms with van der Waals surface area (Å²) < 4.78 is 10.6. The van der Waals surface area contributed by atoms with Crippen molar-refractivity contribution in [1.82, 2.24) is 0 Å². The lowest BCUT2D eigenvalue weighted by molar-refractivity contribution is 0.171. The normalized spacial score (nSPS) is 12.2. The van der Waals surface area contributed by atoms with Gasteiger partial charge in [-0.3, -0.25) is 0 Å². The molecule has 0 spiro atoms. The molecule has 0 atom stereocenters. The Balaban J connectivity index is 0.000000136. The summed E-state index contributed by atoms with van der Waals surface area (Å²) in [6, 6.07) is 17.2. The van der Waals surface area contributed by atoms with Crippen molar-refractivity contribution in [3.05, 3.63) is 54.6 Å². The molecule has 0 bridgehead atoms. The Kier molecular flexibility index (Phi) is 3.86. The fourth-order valence-electron chi connectivity index (χ4n) is 1.44. The second kappa shape index (κ2) is 5.80. The van der Waals surface area contributed by atoms with Gasteiger partial charge in [0.25, 0.3) is 0 Å². The largest absolute Gasteiger partial charge is 0.486 e. The first kappa shape index (κ1) is 11.3. The number of para-hydroxylation sites is 3. The molecule has 0 amide bonds. The van der Waals surface area contributed by atoms with Crippen molar-refractivity contribution in [2.45, 2.75) is 0 Å². The van der Waals surface area contributed by atoms with E-state index < -0.39 is 0 Å². The average molecular weight is 229 g/mol. The highest BCUT2D eigenvalue weighted by Gasteiger charge is 2.07. The summed E-state index contributed by atoms with van der Waals surface area (Å²) in [5, 5.41) is 0. The summed E-state index contributed by atoms with van der Waals surface area (Å²) in [5.41, 5.74) is 6.18. The van der Waals surface area contributed by atoms with Gasteiger partial charge >= 0.3 is 0 Å². The van der Waals surface area contributed by atoms with Crippen molar-refractivity contribution in [2.24, 2.45) is 0 Å². The second-order valence-electron chi connectivity index (χ2n) is 3.55. The average Bonchev–Trinajstić information content (AvgIpc) is 2.41. The molecule has 3 rings (SSSR count). The summed E-state index contributed by atoms with van der Waals surface area (Å²) >= 11 is 0. The summed E-state index contributed by atoms with van der Waals surface area (Å²) in [6.07, 6.45) is 0. The van der Waals surface area contributed by atoms with Gasteiger partial charge < -0.3 is 15.2 Å². The number of nitrogens with two attached hydrogens (primary N) is 1. The lowest BCUT2D eigenvalue weighted by atomic mass is 10.3. The summed E-state index contributed by atoms with van der Waals surface area (Å²) in [6.45, 7) is 1.33. The Morgan fingerprint density at radius 3 is 1.59 bits per heavy atom. The highest BCUT2D eigenvalue weighted by atomic mass is 16.6. The quantitative estimate of drug-likeness (QED) is 0.706. The van der Waals surface area contributed by atoms with Gasteiger partial charge in [-0.15, -0.1) is 0 Å². The topological polar surface area (TPSA) is 44.5 Å². The van der Waals surface area contributed by atoms with E-state index in [1.165, 1.54) is 0 Å². The first-order valence-electron chi connectivity index (χ1n) is 5.51. The molecule has 1 heterocycles. The fourth-order valence-corrected chi connectivity index (χ4v) is 1.44. The molecule has 2 N–H and O–H groups in total. The Morgan fingerprint density at radius 1 is 0.706 bits per heavy atom. The van der Waals surface area contributed by atoms with Gasteiger partial charge in [0.15, 0.2) is 11.5 Å². The maximum absolute atomic E-state index is 5.36. The molecule has 88 valence electrons. The van der Waals surface area contributed by atoms with Crippen LogP contribution in [0.5, 0.6) is 11.5 Å². The van der Waals surface area contributed by atoms with E-state index in [-0.39, 0.29) is 0 Å². The third-order valence-corrected chi connectivity index (χ3v) is 2.25. The molecule has 17 heavy (non-hydrogen) atoms. The maximum Gasteiger partial charge on any atom is 0.161 e. The molecule has 0 aliphatic carbocycles. The molecule has 0 fully saturated rings. The zero-order valence-corrected chi connectivity index (χ0v) is 9.50. The van der Waals surface area contributed by atoms with Crippen LogP contribution in [0, 0.1) is 0 Å². The van der Waals surface area contributed by atoms with Gasteiger partial charge in [-0.25, -0.2) is 0 Å². The van der Waals surface area contributed by atoms with Crippen molar-refractivity contribution in [1.29, 1.82) is 0 Å². The zero-order chi connectivity index (χ0) is 11.9. The van der Waals surface area contributed by atoms with Gasteiger partial charge in [-0.1, -0.05) is 30.3 Å². The zero-order valence-electron chi connectivity index (χ0n) is 9.50. The molecule has 2 aromatic rings. The minimum atomic E-state index is 0.664. The van der Waals surface area contributed by atoms with E-state index in [9.17, 15) is 0 Å². The molecule has 2 aromatic carbocycles. The predicted molar refractivity (Wildman–Crippen MR) is 68.3 cm³/mol. The van der Waals surface area contributed by atoms with E-state index >= 15 is 0 Å². The van der Waals surface area contributed by atoms with Crippen LogP contribution in [0.25, 0.3) is 0 Å². The Morgan fingerprint density at radius 2 is 1.18 bits per heavy atom. The molecule has 1 aliphatic heterocycles. The molecule has 0 unspecified atom stereocenters. The molecule has 3 heteroatoms. The third kappa shape index (κ3) is 3.41. The van der Waals surface area contributed by atoms with Crippen molar-refractivity contribution >= 4 is 5.69 Å². The monoisotopic (exact) mass is 229 g/mol. The third-order valence-electron chi connectivity index (χ3n) is 2.25. The first-order valence-corrected chi connectivity index (χ1v) is 5.51. The second-order valence-corrected chi connectivity index (χ2v) is 3.55. The van der Waals surface area contributed by atoms with E-state index in [1.807, 2.05) is 54.6 Å². The summed E-state index contributed by atoms with van der Waals surface area (Å²) in [7, 11) is 0. The molecule has 0 aromatic heterocycles. The summed E-state index contributed by atoms with van der Waals surface area (Å²) in [5.74, 6) is 1.71. The number of hydrogen-bond donors (Lipinski definition) is 1. The molecular formula is C14H15NO2. The van der Waals surface area contributed by atoms with Crippen LogP contribution >= 0.6 is 0 Å². The number of nitrogen functional groups attached to an aromatic ring is 1. The van der Waals surface area contributed by atoms with Crippen molar-refractivity contribution < 1.29 is 9.47 Å². The van der Waals surface area contributed by atoms with Gasteiger partial charge in [0.05, 0.1) is 0 Å². The number of anilines is 1. The molecule has 0 saturated carbocycles. The number of rotatable bonds is 0. The predicted octanol–water partition coefficient (Wildman–Crippen LogP) is 2.73. The number of benzene rings is 2. The van der Waals surface area contributed by atoms with E-state index in [2.05, 4.69) is 0 Å². The summed E-state index contributed by atoms with van der Waals surface area (Å²) in [4.78, 5) is 0. The number of ether oxygens (including phenoxy) is 2. The fraction of sp³-hybridized carbons (Fsp3) is 0.143. The number of fused-ring (bicyclic) bond motifs is 1. The van der Waals surface area contributed by atoms with E-state index in [4.69, 9.17) is 15.2 Å². The highest BCUT2D eigenvalue weighted by molar-refractivity contribution is 5.40. The molecule has 1 aliphatic rings. The highest BCUT2D eigenvalue weighted by Crippen LogP contribution is 2.28. The van der Waals surface area contributed by atoms with Crippen LogP contribution in [0.1, 0.15) is 0 Å². The Bertz CT molecular complexity index is 432. The molecular weight excluding hydrogens is 214 g/mol. The van der Waals surface area contributed by atoms with Gasteiger partial charge in [-0.2, -0.15) is 0 Å². The first-order chi connectivity index (χ1) is 8.36. The van der Waals surface area contributed by atoms with Crippen LogP contribution in [-0.2, 0) is 0 Å². The van der Waals surface area contributed by atoms with Gasteiger partial charge in [0.1, 0.15) is 13.2 Å². The maximum atomic E-state index is 5.36. The van der Waals surface area contributed by atoms with Crippen LogP contribution in [0.3, 0.4) is 0 Å². The van der Waals surface area contributed by atoms with Crippen molar-refractivity contribution in [2.75, 3.05) is 18.9 Å².